The van der Waals surface area contributed by atoms with Gasteiger partial charge in [0, 0.05) is 17.3 Å². The van der Waals surface area contributed by atoms with Gasteiger partial charge in [0.1, 0.15) is 6.61 Å². The fraction of sp³-hybridized carbons (Fsp3) is 0.0370. The van der Waals surface area contributed by atoms with Gasteiger partial charge in [-0.15, -0.1) is 0 Å². The summed E-state index contributed by atoms with van der Waals surface area (Å²) >= 11 is 0. The maximum atomic E-state index is 12.9. The molecule has 4 aromatic carbocycles. The van der Waals surface area contributed by atoms with Gasteiger partial charge in [0.15, 0.2) is 0 Å². The zero-order valence-electron chi connectivity index (χ0n) is 16.8. The molecule has 5 aromatic rings. The Morgan fingerprint density at radius 1 is 0.774 bits per heavy atom. The number of fused-ring (bicyclic) bond motifs is 1. The molecular formula is C27H20N2O2. The normalized spacial score (nSPS) is 10.8. The van der Waals surface area contributed by atoms with Gasteiger partial charge in [0.05, 0.1) is 16.9 Å². The van der Waals surface area contributed by atoms with Crippen LogP contribution in [0.25, 0.3) is 27.7 Å². The molecule has 0 spiro atoms. The van der Waals surface area contributed by atoms with Crippen molar-refractivity contribution in [3.05, 3.63) is 120 Å². The number of ether oxygens (including phenoxy) is 1. The lowest BCUT2D eigenvalue weighted by Gasteiger charge is -2.08. The number of rotatable bonds is 5. The number of carbonyl (C=O) groups excluding carboxylic acids is 1. The topological polar surface area (TPSA) is 44.1 Å². The molecule has 4 nitrogen and oxygen atoms in total. The molecule has 4 heteroatoms. The Bertz CT molecular complexity index is 1340. The van der Waals surface area contributed by atoms with E-state index in [1.54, 1.807) is 6.07 Å². The summed E-state index contributed by atoms with van der Waals surface area (Å²) in [6, 6.07) is 33.3. The molecule has 0 bridgehead atoms. The lowest BCUT2D eigenvalue weighted by Crippen LogP contribution is -2.06. The van der Waals surface area contributed by atoms with E-state index in [-0.39, 0.29) is 12.6 Å². The summed E-state index contributed by atoms with van der Waals surface area (Å²) in [5.74, 6) is -0.344. The monoisotopic (exact) mass is 404 g/mol. The quantitative estimate of drug-likeness (QED) is 0.335. The van der Waals surface area contributed by atoms with Crippen LogP contribution >= 0.6 is 0 Å². The summed E-state index contributed by atoms with van der Waals surface area (Å²) in [6.45, 7) is 0.138. The van der Waals surface area contributed by atoms with Crippen LogP contribution in [0.4, 0.5) is 0 Å². The lowest BCUT2D eigenvalue weighted by atomic mass is 10.0. The minimum absolute atomic E-state index is 0.138. The first-order valence-corrected chi connectivity index (χ1v) is 10.1. The van der Waals surface area contributed by atoms with E-state index in [2.05, 4.69) is 0 Å². The standard InChI is InChI=1S/C27H20N2O2/c30-27(25-17-9-13-20-10-7-8-16-24(20)25)31-19-22-18-29(23-14-5-2-6-15-23)28-26(22)21-11-3-1-4-12-21/h1-18H,19H2. The van der Waals surface area contributed by atoms with Crippen molar-refractivity contribution in [3.63, 3.8) is 0 Å². The molecule has 0 aliphatic rings. The largest absolute Gasteiger partial charge is 0.457 e. The van der Waals surface area contributed by atoms with E-state index in [1.165, 1.54) is 0 Å². The molecule has 5 rings (SSSR count). The molecular weight excluding hydrogens is 384 g/mol. The molecule has 0 N–H and O–H groups in total. The maximum Gasteiger partial charge on any atom is 0.339 e. The fourth-order valence-electron chi connectivity index (χ4n) is 3.69. The summed E-state index contributed by atoms with van der Waals surface area (Å²) in [5, 5.41) is 6.68. The Morgan fingerprint density at radius 2 is 1.45 bits per heavy atom. The molecule has 0 unspecified atom stereocenters. The average molecular weight is 404 g/mol. The molecule has 150 valence electrons. The Kier molecular flexibility index (Phi) is 5.03. The van der Waals surface area contributed by atoms with Crippen LogP contribution in [0.2, 0.25) is 0 Å². The first-order chi connectivity index (χ1) is 15.3. The SMILES string of the molecule is O=C(OCc1cn(-c2ccccc2)nc1-c1ccccc1)c1cccc2ccccc12. The van der Waals surface area contributed by atoms with Crippen LogP contribution in [0.5, 0.6) is 0 Å². The van der Waals surface area contributed by atoms with Gasteiger partial charge in [-0.1, -0.05) is 84.9 Å². The number of para-hydroxylation sites is 1. The van der Waals surface area contributed by atoms with Gasteiger partial charge in [-0.3, -0.25) is 0 Å². The number of aromatic nitrogens is 2. The molecule has 0 amide bonds. The first-order valence-electron chi connectivity index (χ1n) is 10.1. The van der Waals surface area contributed by atoms with Crippen molar-refractivity contribution in [1.29, 1.82) is 0 Å². The molecule has 1 aromatic heterocycles. The number of hydrogen-bond donors (Lipinski definition) is 0. The Hall–Kier alpha value is -4.18. The zero-order chi connectivity index (χ0) is 21.0. The van der Waals surface area contributed by atoms with E-state index in [9.17, 15) is 4.79 Å². The van der Waals surface area contributed by atoms with Gasteiger partial charge in [0.2, 0.25) is 0 Å². The third-order valence-corrected chi connectivity index (χ3v) is 5.23. The van der Waals surface area contributed by atoms with E-state index in [4.69, 9.17) is 9.84 Å². The number of esters is 1. The van der Waals surface area contributed by atoms with Gasteiger partial charge in [-0.25, -0.2) is 9.48 Å². The van der Waals surface area contributed by atoms with E-state index >= 15 is 0 Å². The minimum Gasteiger partial charge on any atom is -0.457 e. The molecule has 0 saturated carbocycles. The van der Waals surface area contributed by atoms with Crippen LogP contribution in [0.1, 0.15) is 15.9 Å². The highest BCUT2D eigenvalue weighted by Crippen LogP contribution is 2.25. The average Bonchev–Trinajstić information content (AvgIpc) is 3.27. The van der Waals surface area contributed by atoms with Gasteiger partial charge < -0.3 is 4.74 Å². The highest BCUT2D eigenvalue weighted by molar-refractivity contribution is 6.04. The van der Waals surface area contributed by atoms with Crippen LogP contribution < -0.4 is 0 Å². The van der Waals surface area contributed by atoms with Gasteiger partial charge >= 0.3 is 5.97 Å². The summed E-state index contributed by atoms with van der Waals surface area (Å²) in [4.78, 5) is 12.9. The second kappa shape index (κ2) is 8.28. The van der Waals surface area contributed by atoms with E-state index in [0.29, 0.717) is 5.56 Å². The molecule has 0 radical (unpaired) electrons. The predicted octanol–water partition coefficient (Wildman–Crippen LogP) is 6.05. The highest BCUT2D eigenvalue weighted by Gasteiger charge is 2.16. The van der Waals surface area contributed by atoms with Crippen molar-refractivity contribution in [2.75, 3.05) is 0 Å². The number of carbonyl (C=O) groups is 1. The summed E-state index contributed by atoms with van der Waals surface area (Å²) in [7, 11) is 0. The summed E-state index contributed by atoms with van der Waals surface area (Å²) in [5.41, 5.74) is 4.15. The van der Waals surface area contributed by atoms with Crippen LogP contribution in [-0.4, -0.2) is 15.7 Å². The van der Waals surface area contributed by atoms with Crippen molar-refractivity contribution in [2.45, 2.75) is 6.61 Å². The van der Waals surface area contributed by atoms with Crippen LogP contribution in [0, 0.1) is 0 Å². The minimum atomic E-state index is -0.344. The Labute approximate surface area is 180 Å². The molecule has 0 aliphatic carbocycles. The number of nitrogens with zero attached hydrogens (tertiary/aromatic N) is 2. The van der Waals surface area contributed by atoms with E-state index in [1.807, 2.05) is 108 Å². The third-order valence-electron chi connectivity index (χ3n) is 5.23. The molecule has 31 heavy (non-hydrogen) atoms. The Morgan fingerprint density at radius 3 is 2.26 bits per heavy atom. The molecule has 0 aliphatic heterocycles. The first kappa shape index (κ1) is 18.8. The second-order valence-corrected chi connectivity index (χ2v) is 7.25. The smallest absolute Gasteiger partial charge is 0.339 e. The summed E-state index contributed by atoms with van der Waals surface area (Å²) in [6.07, 6.45) is 1.92. The highest BCUT2D eigenvalue weighted by atomic mass is 16.5. The van der Waals surface area contributed by atoms with E-state index in [0.717, 1.165) is 33.3 Å². The third kappa shape index (κ3) is 3.83. The van der Waals surface area contributed by atoms with Crippen molar-refractivity contribution in [2.24, 2.45) is 0 Å². The van der Waals surface area contributed by atoms with Crippen molar-refractivity contribution in [3.8, 4) is 16.9 Å². The molecule has 0 saturated heterocycles. The number of hydrogen-bond acceptors (Lipinski definition) is 3. The predicted molar refractivity (Wildman–Crippen MR) is 122 cm³/mol. The zero-order valence-corrected chi connectivity index (χ0v) is 16.8. The van der Waals surface area contributed by atoms with Crippen molar-refractivity contribution in [1.82, 2.24) is 9.78 Å². The van der Waals surface area contributed by atoms with Crippen molar-refractivity contribution < 1.29 is 9.53 Å². The fourth-order valence-corrected chi connectivity index (χ4v) is 3.69. The molecule has 1 heterocycles. The lowest BCUT2D eigenvalue weighted by molar-refractivity contribution is 0.0475. The van der Waals surface area contributed by atoms with Gasteiger partial charge in [0.25, 0.3) is 0 Å². The van der Waals surface area contributed by atoms with Gasteiger partial charge in [-0.05, 0) is 29.0 Å². The van der Waals surface area contributed by atoms with Crippen LogP contribution in [0.15, 0.2) is 109 Å². The van der Waals surface area contributed by atoms with Crippen molar-refractivity contribution >= 4 is 16.7 Å². The van der Waals surface area contributed by atoms with Crippen LogP contribution in [0.3, 0.4) is 0 Å². The van der Waals surface area contributed by atoms with Gasteiger partial charge in [-0.2, -0.15) is 5.10 Å². The molecule has 0 atom stereocenters. The second-order valence-electron chi connectivity index (χ2n) is 7.25. The maximum absolute atomic E-state index is 12.9. The Balaban J connectivity index is 1.47. The molecule has 0 fully saturated rings. The van der Waals surface area contributed by atoms with Crippen LogP contribution in [-0.2, 0) is 11.3 Å². The number of benzene rings is 4. The van der Waals surface area contributed by atoms with E-state index < -0.39 is 0 Å². The summed E-state index contributed by atoms with van der Waals surface area (Å²) < 4.78 is 7.56.